The van der Waals surface area contributed by atoms with E-state index in [-0.39, 0.29) is 10.8 Å². The maximum Gasteiger partial charge on any atom is 0.387 e. The van der Waals surface area contributed by atoms with Crippen LogP contribution in [0, 0.1) is 0 Å². The molecule has 0 heterocycles. The molecule has 14 heavy (non-hydrogen) atoms. The van der Waals surface area contributed by atoms with Gasteiger partial charge in [-0.1, -0.05) is 17.7 Å². The third kappa shape index (κ3) is 3.12. The Bertz CT molecular complexity index is 307. The smallest absolute Gasteiger partial charge is 0.387 e. The fourth-order valence-corrected chi connectivity index (χ4v) is 1.31. The fourth-order valence-electron chi connectivity index (χ4n) is 1.06. The van der Waals surface area contributed by atoms with Crippen LogP contribution in [-0.2, 0) is 6.42 Å². The molecule has 1 aromatic carbocycles. The summed E-state index contributed by atoms with van der Waals surface area (Å²) < 4.78 is 27.9. The maximum atomic E-state index is 11.8. The van der Waals surface area contributed by atoms with Gasteiger partial charge in [-0.25, -0.2) is 0 Å². The first kappa shape index (κ1) is 11.2. The molecule has 0 spiro atoms. The van der Waals surface area contributed by atoms with E-state index in [4.69, 9.17) is 17.3 Å². The van der Waals surface area contributed by atoms with Crippen molar-refractivity contribution in [2.45, 2.75) is 13.0 Å². The van der Waals surface area contributed by atoms with Gasteiger partial charge in [0.25, 0.3) is 0 Å². The normalized spacial score (nSPS) is 10.6. The van der Waals surface area contributed by atoms with Crippen LogP contribution >= 0.6 is 11.6 Å². The summed E-state index contributed by atoms with van der Waals surface area (Å²) in [6, 6.07) is 4.65. The number of ether oxygens (including phenoxy) is 1. The molecular formula is C9H10ClF2NO. The third-order valence-electron chi connectivity index (χ3n) is 1.65. The lowest BCUT2D eigenvalue weighted by molar-refractivity contribution is -0.0497. The van der Waals surface area contributed by atoms with Crippen molar-refractivity contribution in [2.24, 2.45) is 5.73 Å². The van der Waals surface area contributed by atoms with E-state index in [0.717, 1.165) is 5.56 Å². The highest BCUT2D eigenvalue weighted by atomic mass is 35.5. The van der Waals surface area contributed by atoms with Crippen molar-refractivity contribution in [3.8, 4) is 5.75 Å². The van der Waals surface area contributed by atoms with Crippen molar-refractivity contribution in [1.29, 1.82) is 0 Å². The molecule has 78 valence electrons. The number of hydrogen-bond donors (Lipinski definition) is 1. The lowest BCUT2D eigenvalue weighted by Gasteiger charge is -2.07. The Balaban J connectivity index is 2.79. The molecule has 0 unspecified atom stereocenters. The van der Waals surface area contributed by atoms with Crippen LogP contribution < -0.4 is 10.5 Å². The molecule has 0 saturated heterocycles. The molecule has 0 radical (unpaired) electrons. The predicted molar refractivity (Wildman–Crippen MR) is 50.8 cm³/mol. The lowest BCUT2D eigenvalue weighted by Crippen LogP contribution is -2.04. The molecule has 0 amide bonds. The molecule has 0 bridgehead atoms. The van der Waals surface area contributed by atoms with Crippen LogP contribution in [0.15, 0.2) is 18.2 Å². The maximum absolute atomic E-state index is 11.8. The highest BCUT2D eigenvalue weighted by Crippen LogP contribution is 2.26. The monoisotopic (exact) mass is 221 g/mol. The quantitative estimate of drug-likeness (QED) is 0.848. The van der Waals surface area contributed by atoms with Crippen LogP contribution in [0.25, 0.3) is 0 Å². The minimum Gasteiger partial charge on any atom is -0.433 e. The van der Waals surface area contributed by atoms with Gasteiger partial charge in [0.2, 0.25) is 0 Å². The average molecular weight is 222 g/mol. The van der Waals surface area contributed by atoms with Crippen LogP contribution in [0.3, 0.4) is 0 Å². The summed E-state index contributed by atoms with van der Waals surface area (Å²) in [4.78, 5) is 0. The Morgan fingerprint density at radius 3 is 2.64 bits per heavy atom. The van der Waals surface area contributed by atoms with Gasteiger partial charge in [-0.3, -0.25) is 0 Å². The Hall–Kier alpha value is -0.870. The number of halogens is 3. The molecule has 0 aliphatic rings. The van der Waals surface area contributed by atoms with Crippen LogP contribution in [0.4, 0.5) is 8.78 Å². The number of benzene rings is 1. The van der Waals surface area contributed by atoms with Crippen LogP contribution in [0.1, 0.15) is 5.56 Å². The second-order valence-electron chi connectivity index (χ2n) is 2.68. The van der Waals surface area contributed by atoms with E-state index in [9.17, 15) is 8.78 Å². The van der Waals surface area contributed by atoms with Gasteiger partial charge >= 0.3 is 6.61 Å². The van der Waals surface area contributed by atoms with Gasteiger partial charge < -0.3 is 10.5 Å². The van der Waals surface area contributed by atoms with Crippen LogP contribution in [-0.4, -0.2) is 13.2 Å². The summed E-state index contributed by atoms with van der Waals surface area (Å²) >= 11 is 5.71. The van der Waals surface area contributed by atoms with Crippen LogP contribution in [0.5, 0.6) is 5.75 Å². The molecule has 2 nitrogen and oxygen atoms in total. The third-order valence-corrected chi connectivity index (χ3v) is 1.94. The SMILES string of the molecule is NCCc1ccc(OC(F)F)c(Cl)c1. The van der Waals surface area contributed by atoms with Gasteiger partial charge in [-0.2, -0.15) is 8.78 Å². The van der Waals surface area contributed by atoms with Crippen molar-refractivity contribution in [3.63, 3.8) is 0 Å². The summed E-state index contributed by atoms with van der Waals surface area (Å²) in [6.07, 6.45) is 0.661. The number of rotatable bonds is 4. The van der Waals surface area contributed by atoms with Crippen molar-refractivity contribution >= 4 is 11.6 Å². The first-order valence-corrected chi connectivity index (χ1v) is 4.44. The molecule has 0 aliphatic heterocycles. The zero-order valence-electron chi connectivity index (χ0n) is 7.34. The molecular weight excluding hydrogens is 212 g/mol. The molecule has 0 aliphatic carbocycles. The van der Waals surface area contributed by atoms with E-state index in [1.54, 1.807) is 12.1 Å². The Morgan fingerprint density at radius 1 is 1.43 bits per heavy atom. The van der Waals surface area contributed by atoms with E-state index in [1.165, 1.54) is 6.07 Å². The minimum absolute atomic E-state index is 0.0116. The number of alkyl halides is 2. The molecule has 0 fully saturated rings. The Morgan fingerprint density at radius 2 is 2.14 bits per heavy atom. The van der Waals surface area contributed by atoms with E-state index in [1.807, 2.05) is 0 Å². The molecule has 1 aromatic rings. The van der Waals surface area contributed by atoms with Gasteiger partial charge in [0.1, 0.15) is 5.75 Å². The highest BCUT2D eigenvalue weighted by Gasteiger charge is 2.08. The van der Waals surface area contributed by atoms with E-state index in [0.29, 0.717) is 13.0 Å². The van der Waals surface area contributed by atoms with Crippen molar-refractivity contribution in [1.82, 2.24) is 0 Å². The summed E-state index contributed by atoms with van der Waals surface area (Å²) in [5, 5.41) is 0.177. The first-order chi connectivity index (χ1) is 6.63. The molecule has 5 heteroatoms. The fraction of sp³-hybridized carbons (Fsp3) is 0.333. The zero-order chi connectivity index (χ0) is 10.6. The van der Waals surface area contributed by atoms with Crippen molar-refractivity contribution in [2.75, 3.05) is 6.54 Å². The zero-order valence-corrected chi connectivity index (χ0v) is 8.10. The van der Waals surface area contributed by atoms with Crippen LogP contribution in [0.2, 0.25) is 5.02 Å². The summed E-state index contributed by atoms with van der Waals surface area (Å²) in [7, 11) is 0. The number of hydrogen-bond acceptors (Lipinski definition) is 2. The van der Waals surface area contributed by atoms with Gasteiger partial charge in [-0.15, -0.1) is 0 Å². The highest BCUT2D eigenvalue weighted by molar-refractivity contribution is 6.32. The second-order valence-corrected chi connectivity index (χ2v) is 3.09. The Kier molecular flexibility index (Phi) is 4.10. The summed E-state index contributed by atoms with van der Waals surface area (Å²) in [5.74, 6) is -0.0116. The van der Waals surface area contributed by atoms with Gasteiger partial charge in [0.15, 0.2) is 0 Å². The standard InChI is InChI=1S/C9H10ClF2NO/c10-7-5-6(3-4-13)1-2-8(7)14-9(11)12/h1-2,5,9H,3-4,13H2. The predicted octanol–water partition coefficient (Wildman–Crippen LogP) is 2.44. The molecule has 1 rings (SSSR count). The van der Waals surface area contributed by atoms with Crippen molar-refractivity contribution < 1.29 is 13.5 Å². The van der Waals surface area contributed by atoms with Crippen molar-refractivity contribution in [3.05, 3.63) is 28.8 Å². The molecule has 0 atom stereocenters. The minimum atomic E-state index is -2.85. The second kappa shape index (κ2) is 5.12. The molecule has 0 saturated carbocycles. The average Bonchev–Trinajstić information content (AvgIpc) is 2.10. The largest absolute Gasteiger partial charge is 0.433 e. The van der Waals surface area contributed by atoms with Gasteiger partial charge in [0, 0.05) is 0 Å². The Labute approximate surface area is 85.6 Å². The topological polar surface area (TPSA) is 35.2 Å². The molecule has 0 aromatic heterocycles. The summed E-state index contributed by atoms with van der Waals surface area (Å²) in [6.45, 7) is -2.36. The first-order valence-electron chi connectivity index (χ1n) is 4.07. The van der Waals surface area contributed by atoms with E-state index < -0.39 is 6.61 Å². The molecule has 2 N–H and O–H groups in total. The van der Waals surface area contributed by atoms with Gasteiger partial charge in [0.05, 0.1) is 5.02 Å². The van der Waals surface area contributed by atoms with E-state index in [2.05, 4.69) is 4.74 Å². The van der Waals surface area contributed by atoms with Gasteiger partial charge in [-0.05, 0) is 30.7 Å². The van der Waals surface area contributed by atoms with E-state index >= 15 is 0 Å². The summed E-state index contributed by atoms with van der Waals surface area (Å²) in [5.41, 5.74) is 6.24. The lowest BCUT2D eigenvalue weighted by atomic mass is 10.1. The number of nitrogens with two attached hydrogens (primary N) is 1.